The third kappa shape index (κ3) is 4.71. The van der Waals surface area contributed by atoms with Gasteiger partial charge in [0.05, 0.1) is 6.10 Å². The van der Waals surface area contributed by atoms with Crippen molar-refractivity contribution in [2.45, 2.75) is 90.1 Å². The molecule has 0 radical (unpaired) electrons. The largest absolute Gasteiger partial charge is 0.392 e. The van der Waals surface area contributed by atoms with Crippen LogP contribution in [0, 0.1) is 11.8 Å². The smallest absolute Gasteiger partial charge is 0.0636 e. The Morgan fingerprint density at radius 3 is 2.62 bits per heavy atom. The van der Waals surface area contributed by atoms with E-state index in [1.54, 1.807) is 0 Å². The zero-order chi connectivity index (χ0) is 15.1. The van der Waals surface area contributed by atoms with Gasteiger partial charge >= 0.3 is 0 Å². The van der Waals surface area contributed by atoms with Gasteiger partial charge in [-0.25, -0.2) is 0 Å². The van der Waals surface area contributed by atoms with E-state index in [2.05, 4.69) is 19.6 Å². The van der Waals surface area contributed by atoms with Crippen molar-refractivity contribution in [2.24, 2.45) is 11.8 Å². The molecule has 0 spiro atoms. The molecule has 0 unspecified atom stereocenters. The van der Waals surface area contributed by atoms with E-state index in [1.807, 2.05) is 0 Å². The molecule has 0 heterocycles. The normalized spacial score (nSPS) is 27.4. The molecule has 0 aliphatic heterocycles. The van der Waals surface area contributed by atoms with E-state index in [0.29, 0.717) is 11.8 Å². The van der Waals surface area contributed by atoms with Gasteiger partial charge in [-0.3, -0.25) is 0 Å². The first-order valence-corrected chi connectivity index (χ1v) is 9.30. The minimum atomic E-state index is -0.135. The van der Waals surface area contributed by atoms with Gasteiger partial charge in [0, 0.05) is 5.92 Å². The highest BCUT2D eigenvalue weighted by Crippen LogP contribution is 2.41. The summed E-state index contributed by atoms with van der Waals surface area (Å²) in [7, 11) is 0. The third-order valence-electron chi connectivity index (χ3n) is 5.58. The van der Waals surface area contributed by atoms with Crippen LogP contribution in [0.25, 0.3) is 0 Å². The van der Waals surface area contributed by atoms with E-state index >= 15 is 0 Å². The molecule has 2 saturated carbocycles. The molecule has 0 aromatic rings. The predicted molar refractivity (Wildman–Crippen MR) is 91.3 cm³/mol. The van der Waals surface area contributed by atoms with Gasteiger partial charge in [0.25, 0.3) is 0 Å². The molecular weight excluding hydrogens is 256 g/mol. The van der Waals surface area contributed by atoms with Crippen LogP contribution in [0.5, 0.6) is 0 Å². The van der Waals surface area contributed by atoms with Crippen LogP contribution in [0.15, 0.2) is 23.8 Å². The van der Waals surface area contributed by atoms with E-state index in [0.717, 1.165) is 12.8 Å². The number of allylic oxidation sites excluding steroid dienone is 2. The van der Waals surface area contributed by atoms with Gasteiger partial charge < -0.3 is 5.11 Å². The van der Waals surface area contributed by atoms with Crippen molar-refractivity contribution in [3.63, 3.8) is 0 Å². The maximum absolute atomic E-state index is 10.7. The molecule has 2 fully saturated rings. The molecule has 2 rings (SSSR count). The van der Waals surface area contributed by atoms with E-state index in [-0.39, 0.29) is 6.10 Å². The average Bonchev–Trinajstić information content (AvgIpc) is 2.88. The van der Waals surface area contributed by atoms with Gasteiger partial charge in [0.2, 0.25) is 0 Å². The zero-order valence-electron chi connectivity index (χ0n) is 13.9. The first kappa shape index (κ1) is 16.8. The molecule has 1 heteroatoms. The fraction of sp³-hybridized carbons (Fsp3) is 0.800. The van der Waals surface area contributed by atoms with Crippen molar-refractivity contribution in [1.29, 1.82) is 0 Å². The van der Waals surface area contributed by atoms with Crippen LogP contribution in [0.2, 0.25) is 0 Å². The van der Waals surface area contributed by atoms with E-state index in [1.165, 1.54) is 75.4 Å². The summed E-state index contributed by atoms with van der Waals surface area (Å²) < 4.78 is 0. The van der Waals surface area contributed by atoms with Gasteiger partial charge in [0.15, 0.2) is 0 Å². The number of aliphatic hydroxyl groups is 1. The number of aliphatic hydroxyl groups excluding tert-OH is 1. The Morgan fingerprint density at radius 2 is 1.90 bits per heavy atom. The molecule has 0 saturated heterocycles. The zero-order valence-corrected chi connectivity index (χ0v) is 13.9. The molecule has 2 atom stereocenters. The van der Waals surface area contributed by atoms with Crippen LogP contribution in [-0.4, -0.2) is 11.2 Å². The summed E-state index contributed by atoms with van der Waals surface area (Å²) >= 11 is 0. The fourth-order valence-electron chi connectivity index (χ4n) is 4.15. The maximum atomic E-state index is 10.7. The average molecular weight is 290 g/mol. The lowest BCUT2D eigenvalue weighted by atomic mass is 9.79. The third-order valence-corrected chi connectivity index (χ3v) is 5.58. The van der Waals surface area contributed by atoms with Gasteiger partial charge in [0.1, 0.15) is 0 Å². The molecule has 21 heavy (non-hydrogen) atoms. The van der Waals surface area contributed by atoms with E-state index in [4.69, 9.17) is 0 Å². The second kappa shape index (κ2) is 8.78. The highest BCUT2D eigenvalue weighted by molar-refractivity contribution is 5.36. The predicted octanol–water partition coefficient (Wildman–Crippen LogP) is 5.79. The van der Waals surface area contributed by atoms with Gasteiger partial charge in [-0.1, -0.05) is 58.1 Å². The summed E-state index contributed by atoms with van der Waals surface area (Å²) in [6, 6.07) is 0. The van der Waals surface area contributed by atoms with Crippen LogP contribution < -0.4 is 0 Å². The standard InChI is InChI=1S/C20H34O/c1-3-4-5-6-8-11-17-14-15-19(16(17)2)20(21)18-12-9-7-10-13-18/h11,18-21H,2-10,12-15H2,1H3/b17-11+/t19-,20-/m1/s1. The molecule has 1 N–H and O–H groups in total. The molecule has 0 aromatic heterocycles. The van der Waals surface area contributed by atoms with Crippen molar-refractivity contribution >= 4 is 0 Å². The van der Waals surface area contributed by atoms with Crippen LogP contribution >= 0.6 is 0 Å². The Hall–Kier alpha value is -0.560. The Bertz CT molecular complexity index is 349. The van der Waals surface area contributed by atoms with Crippen LogP contribution in [0.4, 0.5) is 0 Å². The topological polar surface area (TPSA) is 20.2 Å². The number of unbranched alkanes of at least 4 members (excludes halogenated alkanes) is 4. The van der Waals surface area contributed by atoms with Crippen molar-refractivity contribution < 1.29 is 5.11 Å². The molecule has 0 aromatic carbocycles. The Labute approximate surface area is 131 Å². The summed E-state index contributed by atoms with van der Waals surface area (Å²) in [6.45, 7) is 6.58. The van der Waals surface area contributed by atoms with Gasteiger partial charge in [-0.2, -0.15) is 0 Å². The summed E-state index contributed by atoms with van der Waals surface area (Å²) in [4.78, 5) is 0. The summed E-state index contributed by atoms with van der Waals surface area (Å²) in [5.41, 5.74) is 2.70. The van der Waals surface area contributed by atoms with E-state index < -0.39 is 0 Å². The molecule has 0 bridgehead atoms. The molecule has 0 amide bonds. The fourth-order valence-corrected chi connectivity index (χ4v) is 4.15. The van der Waals surface area contributed by atoms with Crippen molar-refractivity contribution in [2.75, 3.05) is 0 Å². The minimum absolute atomic E-state index is 0.135. The first-order chi connectivity index (χ1) is 10.2. The monoisotopic (exact) mass is 290 g/mol. The highest BCUT2D eigenvalue weighted by Gasteiger charge is 2.34. The lowest BCUT2D eigenvalue weighted by Gasteiger charge is -2.30. The number of hydrogen-bond donors (Lipinski definition) is 1. The second-order valence-corrected chi connectivity index (χ2v) is 7.14. The molecule has 2 aliphatic rings. The molecule has 1 nitrogen and oxygen atoms in total. The van der Waals surface area contributed by atoms with Crippen molar-refractivity contribution in [1.82, 2.24) is 0 Å². The Kier molecular flexibility index (Phi) is 7.03. The Balaban J connectivity index is 1.81. The molecular formula is C20H34O. The van der Waals surface area contributed by atoms with E-state index in [9.17, 15) is 5.11 Å². The summed E-state index contributed by atoms with van der Waals surface area (Å²) in [5, 5.41) is 10.7. The lowest BCUT2D eigenvalue weighted by Crippen LogP contribution is -2.30. The van der Waals surface area contributed by atoms with Gasteiger partial charge in [-0.05, 0) is 55.6 Å². The highest BCUT2D eigenvalue weighted by atomic mass is 16.3. The van der Waals surface area contributed by atoms with Gasteiger partial charge in [-0.15, -0.1) is 0 Å². The molecule has 2 aliphatic carbocycles. The number of hydrogen-bond acceptors (Lipinski definition) is 1. The second-order valence-electron chi connectivity index (χ2n) is 7.14. The SMILES string of the molecule is C=C1/C(=C/CCCCCC)CC[C@H]1[C@H](O)C1CCCCC1. The quantitative estimate of drug-likeness (QED) is 0.588. The first-order valence-electron chi connectivity index (χ1n) is 9.30. The molecule has 120 valence electrons. The van der Waals surface area contributed by atoms with Crippen LogP contribution in [-0.2, 0) is 0 Å². The number of rotatable bonds is 7. The van der Waals surface area contributed by atoms with Crippen molar-refractivity contribution in [3.05, 3.63) is 23.8 Å². The maximum Gasteiger partial charge on any atom is 0.0636 e. The van der Waals surface area contributed by atoms with Crippen molar-refractivity contribution in [3.8, 4) is 0 Å². The summed E-state index contributed by atoms with van der Waals surface area (Å²) in [5.74, 6) is 0.874. The van der Waals surface area contributed by atoms with Crippen LogP contribution in [0.1, 0.15) is 84.0 Å². The summed E-state index contributed by atoms with van der Waals surface area (Å²) in [6.07, 6.45) is 17.5. The Morgan fingerprint density at radius 1 is 1.14 bits per heavy atom. The van der Waals surface area contributed by atoms with Crippen LogP contribution in [0.3, 0.4) is 0 Å². The lowest BCUT2D eigenvalue weighted by molar-refractivity contribution is 0.0483. The minimum Gasteiger partial charge on any atom is -0.392 e.